The summed E-state index contributed by atoms with van der Waals surface area (Å²) in [5, 5.41) is 4.55. The van der Waals surface area contributed by atoms with Crippen molar-refractivity contribution < 1.29 is 14.3 Å². The molecular formula is C16H17ClN2O3. The van der Waals surface area contributed by atoms with E-state index >= 15 is 0 Å². The van der Waals surface area contributed by atoms with E-state index in [1.807, 2.05) is 19.1 Å². The van der Waals surface area contributed by atoms with Gasteiger partial charge < -0.3 is 9.47 Å². The van der Waals surface area contributed by atoms with Gasteiger partial charge in [0.05, 0.1) is 12.7 Å². The van der Waals surface area contributed by atoms with Crippen molar-refractivity contribution in [3.8, 4) is 11.6 Å². The zero-order valence-electron chi connectivity index (χ0n) is 12.9. The average Bonchev–Trinajstić information content (AvgIpc) is 2.80. The second kappa shape index (κ2) is 6.66. The van der Waals surface area contributed by atoms with Gasteiger partial charge in [-0.15, -0.1) is 5.10 Å². The fourth-order valence-corrected chi connectivity index (χ4v) is 2.38. The normalized spacial score (nSPS) is 11.4. The Morgan fingerprint density at radius 3 is 2.68 bits per heavy atom. The fourth-order valence-electron chi connectivity index (χ4n) is 2.16. The van der Waals surface area contributed by atoms with Crippen molar-refractivity contribution >= 4 is 23.1 Å². The Kier molecular flexibility index (Phi) is 4.88. The first-order valence-corrected chi connectivity index (χ1v) is 7.07. The van der Waals surface area contributed by atoms with Gasteiger partial charge in [-0.3, -0.25) is 4.68 Å². The van der Waals surface area contributed by atoms with Crippen molar-refractivity contribution in [1.82, 2.24) is 9.78 Å². The molecule has 2 aromatic rings. The van der Waals surface area contributed by atoms with Gasteiger partial charge in [0.2, 0.25) is 0 Å². The molecule has 5 nitrogen and oxygen atoms in total. The van der Waals surface area contributed by atoms with Crippen molar-refractivity contribution in [2.75, 3.05) is 7.11 Å². The van der Waals surface area contributed by atoms with Crippen LogP contribution in [0, 0.1) is 6.92 Å². The number of carbonyl (C=O) groups is 1. The third-order valence-electron chi connectivity index (χ3n) is 3.16. The molecule has 0 aliphatic rings. The van der Waals surface area contributed by atoms with E-state index in [2.05, 4.69) is 5.10 Å². The Morgan fingerprint density at radius 2 is 2.14 bits per heavy atom. The number of halogens is 1. The molecule has 0 aliphatic heterocycles. The van der Waals surface area contributed by atoms with Crippen LogP contribution in [0.4, 0.5) is 0 Å². The highest BCUT2D eigenvalue weighted by Gasteiger charge is 2.20. The first kappa shape index (κ1) is 16.1. The Balaban J connectivity index is 2.51. The third kappa shape index (κ3) is 3.14. The molecule has 0 saturated heterocycles. The van der Waals surface area contributed by atoms with E-state index in [1.54, 1.807) is 37.0 Å². The van der Waals surface area contributed by atoms with Crippen molar-refractivity contribution in [3.63, 3.8) is 0 Å². The van der Waals surface area contributed by atoms with Crippen molar-refractivity contribution in [2.45, 2.75) is 13.8 Å². The largest absolute Gasteiger partial charge is 0.465 e. The number of rotatable bonds is 4. The second-order valence-corrected chi connectivity index (χ2v) is 5.11. The van der Waals surface area contributed by atoms with E-state index in [4.69, 9.17) is 21.1 Å². The zero-order chi connectivity index (χ0) is 16.3. The number of ether oxygens (including phenoxy) is 2. The fraction of sp³-hybridized carbons (Fsp3) is 0.250. The molecule has 0 N–H and O–H groups in total. The SMILES string of the molecule is C/C=C(\C(=O)OC)c1c(C)cccc1Oc1nn(C)cc1Cl. The Hall–Kier alpha value is -2.27. The highest BCUT2D eigenvalue weighted by molar-refractivity contribution is 6.31. The number of aromatic nitrogens is 2. The van der Waals surface area contributed by atoms with Gasteiger partial charge in [0.25, 0.3) is 5.88 Å². The number of esters is 1. The molecule has 1 aromatic carbocycles. The summed E-state index contributed by atoms with van der Waals surface area (Å²) in [6.45, 7) is 3.67. The number of aryl methyl sites for hydroxylation is 2. The molecular weight excluding hydrogens is 304 g/mol. The molecule has 22 heavy (non-hydrogen) atoms. The summed E-state index contributed by atoms with van der Waals surface area (Å²) in [4.78, 5) is 12.0. The van der Waals surface area contributed by atoms with Crippen LogP contribution in [0.5, 0.6) is 11.6 Å². The smallest absolute Gasteiger partial charge is 0.338 e. The lowest BCUT2D eigenvalue weighted by atomic mass is 9.99. The van der Waals surface area contributed by atoms with Gasteiger partial charge in [-0.25, -0.2) is 4.79 Å². The van der Waals surface area contributed by atoms with Gasteiger partial charge in [-0.2, -0.15) is 0 Å². The van der Waals surface area contributed by atoms with Crippen LogP contribution in [0.1, 0.15) is 18.1 Å². The summed E-state index contributed by atoms with van der Waals surface area (Å²) in [7, 11) is 3.10. The summed E-state index contributed by atoms with van der Waals surface area (Å²) < 4.78 is 12.2. The molecule has 0 amide bonds. The molecule has 0 fully saturated rings. The molecule has 6 heteroatoms. The van der Waals surface area contributed by atoms with Gasteiger partial charge in [0.15, 0.2) is 0 Å². The summed E-state index contributed by atoms with van der Waals surface area (Å²) in [5.74, 6) is 0.365. The molecule has 0 atom stereocenters. The van der Waals surface area contributed by atoms with Crippen LogP contribution < -0.4 is 4.74 Å². The van der Waals surface area contributed by atoms with E-state index < -0.39 is 5.97 Å². The quantitative estimate of drug-likeness (QED) is 0.636. The Bertz CT molecular complexity index is 735. The van der Waals surface area contributed by atoms with E-state index in [1.165, 1.54) is 7.11 Å². The number of methoxy groups -OCH3 is 1. The molecule has 1 aromatic heterocycles. The molecule has 0 aliphatic carbocycles. The maximum Gasteiger partial charge on any atom is 0.338 e. The van der Waals surface area contributed by atoms with Crippen LogP contribution in [0.25, 0.3) is 5.57 Å². The van der Waals surface area contributed by atoms with Crippen LogP contribution in [0.15, 0.2) is 30.5 Å². The summed E-state index contributed by atoms with van der Waals surface area (Å²) in [6.07, 6.45) is 3.34. The topological polar surface area (TPSA) is 53.4 Å². The number of allylic oxidation sites excluding steroid dienone is 1. The Labute approximate surface area is 134 Å². The molecule has 116 valence electrons. The lowest BCUT2D eigenvalue weighted by Crippen LogP contribution is -2.06. The van der Waals surface area contributed by atoms with Crippen LogP contribution in [-0.4, -0.2) is 22.9 Å². The first-order valence-electron chi connectivity index (χ1n) is 6.69. The minimum absolute atomic E-state index is 0.288. The zero-order valence-corrected chi connectivity index (χ0v) is 13.6. The molecule has 0 spiro atoms. The number of hydrogen-bond acceptors (Lipinski definition) is 4. The molecule has 2 rings (SSSR count). The van der Waals surface area contributed by atoms with Crippen LogP contribution in [-0.2, 0) is 16.6 Å². The van der Waals surface area contributed by atoms with Gasteiger partial charge >= 0.3 is 5.97 Å². The van der Waals surface area contributed by atoms with Crippen LogP contribution >= 0.6 is 11.6 Å². The maximum atomic E-state index is 12.0. The summed E-state index contributed by atoms with van der Waals surface area (Å²) in [5.41, 5.74) is 1.99. The molecule has 0 saturated carbocycles. The van der Waals surface area contributed by atoms with Crippen LogP contribution in [0.3, 0.4) is 0 Å². The van der Waals surface area contributed by atoms with Gasteiger partial charge in [-0.1, -0.05) is 29.8 Å². The van der Waals surface area contributed by atoms with Crippen molar-refractivity contribution in [2.24, 2.45) is 7.05 Å². The summed E-state index contributed by atoms with van der Waals surface area (Å²) in [6, 6.07) is 5.50. The Morgan fingerprint density at radius 1 is 1.41 bits per heavy atom. The van der Waals surface area contributed by atoms with E-state index in [9.17, 15) is 4.79 Å². The predicted octanol–water partition coefficient (Wildman–Crippen LogP) is 3.75. The molecule has 0 bridgehead atoms. The number of carbonyl (C=O) groups excluding carboxylic acids is 1. The summed E-state index contributed by atoms with van der Waals surface area (Å²) >= 11 is 6.08. The second-order valence-electron chi connectivity index (χ2n) is 4.70. The highest BCUT2D eigenvalue weighted by atomic mass is 35.5. The van der Waals surface area contributed by atoms with Crippen molar-refractivity contribution in [3.05, 3.63) is 46.6 Å². The predicted molar refractivity (Wildman–Crippen MR) is 85.1 cm³/mol. The van der Waals surface area contributed by atoms with Crippen LogP contribution in [0.2, 0.25) is 5.02 Å². The highest BCUT2D eigenvalue weighted by Crippen LogP contribution is 2.35. The molecule has 1 heterocycles. The number of hydrogen-bond donors (Lipinski definition) is 0. The van der Waals surface area contributed by atoms with Gasteiger partial charge in [0.1, 0.15) is 10.8 Å². The molecule has 0 radical (unpaired) electrons. The van der Waals surface area contributed by atoms with E-state index in [0.717, 1.165) is 5.56 Å². The monoisotopic (exact) mass is 320 g/mol. The van der Waals surface area contributed by atoms with Crippen molar-refractivity contribution in [1.29, 1.82) is 0 Å². The number of benzene rings is 1. The molecule has 0 unspecified atom stereocenters. The lowest BCUT2D eigenvalue weighted by molar-refractivity contribution is -0.133. The maximum absolute atomic E-state index is 12.0. The number of nitrogens with zero attached hydrogens (tertiary/aromatic N) is 2. The standard InChI is InChI=1S/C16H17ClN2O3/c1-5-11(16(20)21-4)14-10(2)7-6-8-13(14)22-15-12(17)9-19(3)18-15/h5-9H,1-4H3/b11-5-. The van der Waals surface area contributed by atoms with E-state index in [0.29, 0.717) is 21.9 Å². The average molecular weight is 321 g/mol. The first-order chi connectivity index (χ1) is 10.5. The van der Waals surface area contributed by atoms with Gasteiger partial charge in [0, 0.05) is 18.8 Å². The minimum atomic E-state index is -0.422. The van der Waals surface area contributed by atoms with Gasteiger partial charge in [-0.05, 0) is 25.5 Å². The minimum Gasteiger partial charge on any atom is -0.465 e. The van der Waals surface area contributed by atoms with E-state index in [-0.39, 0.29) is 5.88 Å². The lowest BCUT2D eigenvalue weighted by Gasteiger charge is -2.14. The third-order valence-corrected chi connectivity index (χ3v) is 3.42.